The van der Waals surface area contributed by atoms with Crippen molar-refractivity contribution in [3.8, 4) is 0 Å². The number of nitrogens with one attached hydrogen (secondary N) is 1. The lowest BCUT2D eigenvalue weighted by molar-refractivity contribution is -0.117. The van der Waals surface area contributed by atoms with Gasteiger partial charge in [0.05, 0.1) is 0 Å². The second-order valence-corrected chi connectivity index (χ2v) is 7.55. The molecule has 0 saturated carbocycles. The number of carbonyl (C=O) groups excluding carboxylic acids is 1. The maximum atomic E-state index is 11.9. The lowest BCUT2D eigenvalue weighted by Crippen LogP contribution is -2.54. The van der Waals surface area contributed by atoms with Crippen LogP contribution in [0.15, 0.2) is 23.6 Å². The molecule has 1 aromatic rings. The van der Waals surface area contributed by atoms with E-state index in [0.29, 0.717) is 6.54 Å². The van der Waals surface area contributed by atoms with E-state index in [1.807, 2.05) is 23.6 Å². The minimum absolute atomic E-state index is 0.0125. The molecule has 1 saturated heterocycles. The van der Waals surface area contributed by atoms with Gasteiger partial charge in [-0.05, 0) is 56.7 Å². The summed E-state index contributed by atoms with van der Waals surface area (Å²) in [7, 11) is 0. The van der Waals surface area contributed by atoms with E-state index in [-0.39, 0.29) is 11.4 Å². The topological polar surface area (TPSA) is 32.3 Å². The van der Waals surface area contributed by atoms with Crippen molar-refractivity contribution in [3.05, 3.63) is 28.5 Å². The summed E-state index contributed by atoms with van der Waals surface area (Å²) in [6.45, 7) is 9.70. The molecule has 1 fully saturated rings. The molecule has 1 amide bonds. The standard InChI is InChI=1S/C17H26N2OS/c1-14-6-4-10-19(12-14)17(2,3)13-18-16(20)9-8-15-7-5-11-21-15/h5,7-9,11,14H,4,6,10,12-13H2,1-3H3,(H,18,20)/b9-8+. The van der Waals surface area contributed by atoms with Crippen LogP contribution in [0, 0.1) is 5.92 Å². The Morgan fingerprint density at radius 1 is 1.57 bits per heavy atom. The van der Waals surface area contributed by atoms with Gasteiger partial charge in [-0.1, -0.05) is 13.0 Å². The predicted octanol–water partition coefficient (Wildman–Crippen LogP) is 3.39. The van der Waals surface area contributed by atoms with Crippen LogP contribution in [0.2, 0.25) is 0 Å². The lowest BCUT2D eigenvalue weighted by Gasteiger charge is -2.43. The Bertz CT molecular complexity index is 479. The highest BCUT2D eigenvalue weighted by atomic mass is 32.1. The van der Waals surface area contributed by atoms with Crippen molar-refractivity contribution in [1.82, 2.24) is 10.2 Å². The molecule has 0 radical (unpaired) electrons. The molecule has 2 rings (SSSR count). The largest absolute Gasteiger partial charge is 0.351 e. The zero-order chi connectivity index (χ0) is 15.3. The number of likely N-dealkylation sites (tertiary alicyclic amines) is 1. The van der Waals surface area contributed by atoms with Gasteiger partial charge in [-0.2, -0.15) is 0 Å². The van der Waals surface area contributed by atoms with Crippen molar-refractivity contribution < 1.29 is 4.79 Å². The molecule has 0 bridgehead atoms. The Labute approximate surface area is 132 Å². The van der Waals surface area contributed by atoms with Crippen LogP contribution in [0.5, 0.6) is 0 Å². The fraction of sp³-hybridized carbons (Fsp3) is 0.588. The molecule has 0 aromatic carbocycles. The quantitative estimate of drug-likeness (QED) is 0.846. The summed E-state index contributed by atoms with van der Waals surface area (Å²) in [5, 5.41) is 5.05. The molecule has 1 unspecified atom stereocenters. The molecule has 21 heavy (non-hydrogen) atoms. The summed E-state index contributed by atoms with van der Waals surface area (Å²) in [6, 6.07) is 4.00. The van der Waals surface area contributed by atoms with Gasteiger partial charge in [-0.25, -0.2) is 0 Å². The molecule has 1 N–H and O–H groups in total. The van der Waals surface area contributed by atoms with E-state index in [4.69, 9.17) is 0 Å². The molecule has 1 aromatic heterocycles. The molecule has 3 nitrogen and oxygen atoms in total. The van der Waals surface area contributed by atoms with Gasteiger partial charge in [0.25, 0.3) is 0 Å². The fourth-order valence-corrected chi connectivity index (χ4v) is 3.38. The van der Waals surface area contributed by atoms with Gasteiger partial charge in [0, 0.05) is 29.6 Å². The maximum Gasteiger partial charge on any atom is 0.244 e. The number of piperidine rings is 1. The number of carbonyl (C=O) groups is 1. The molecular weight excluding hydrogens is 280 g/mol. The van der Waals surface area contributed by atoms with Crippen LogP contribution < -0.4 is 5.32 Å². The number of hydrogen-bond acceptors (Lipinski definition) is 3. The molecule has 1 aliphatic heterocycles. The summed E-state index contributed by atoms with van der Waals surface area (Å²) >= 11 is 1.64. The van der Waals surface area contributed by atoms with E-state index in [1.54, 1.807) is 17.4 Å². The normalized spacial score (nSPS) is 20.8. The second kappa shape index (κ2) is 7.23. The van der Waals surface area contributed by atoms with Crippen molar-refractivity contribution in [3.63, 3.8) is 0 Å². The highest BCUT2D eigenvalue weighted by Gasteiger charge is 2.30. The molecule has 1 aliphatic rings. The minimum Gasteiger partial charge on any atom is -0.351 e. The van der Waals surface area contributed by atoms with Crippen LogP contribution >= 0.6 is 11.3 Å². The molecule has 0 spiro atoms. The summed E-state index contributed by atoms with van der Waals surface area (Å²) in [5.41, 5.74) is 0.0150. The summed E-state index contributed by atoms with van der Waals surface area (Å²) in [5.74, 6) is 0.744. The van der Waals surface area contributed by atoms with Crippen molar-refractivity contribution in [2.45, 2.75) is 39.2 Å². The van der Waals surface area contributed by atoms with Gasteiger partial charge < -0.3 is 5.32 Å². The van der Waals surface area contributed by atoms with Crippen molar-refractivity contribution in [2.75, 3.05) is 19.6 Å². The highest BCUT2D eigenvalue weighted by Crippen LogP contribution is 2.23. The van der Waals surface area contributed by atoms with Gasteiger partial charge in [0.15, 0.2) is 0 Å². The van der Waals surface area contributed by atoms with E-state index in [1.165, 1.54) is 12.8 Å². The summed E-state index contributed by atoms with van der Waals surface area (Å²) < 4.78 is 0. The van der Waals surface area contributed by atoms with Gasteiger partial charge in [0.2, 0.25) is 5.91 Å². The van der Waals surface area contributed by atoms with Crippen molar-refractivity contribution in [1.29, 1.82) is 0 Å². The van der Waals surface area contributed by atoms with Crippen LogP contribution in [0.1, 0.15) is 38.5 Å². The van der Waals surface area contributed by atoms with Crippen LogP contribution in [-0.4, -0.2) is 36.0 Å². The zero-order valence-corrected chi connectivity index (χ0v) is 14.1. The molecule has 2 heterocycles. The molecular formula is C17H26N2OS. The first kappa shape index (κ1) is 16.2. The Hall–Kier alpha value is -1.13. The third-order valence-electron chi connectivity index (χ3n) is 4.15. The van der Waals surface area contributed by atoms with Crippen LogP contribution in [0.4, 0.5) is 0 Å². The maximum absolute atomic E-state index is 11.9. The van der Waals surface area contributed by atoms with E-state index < -0.39 is 0 Å². The number of hydrogen-bond donors (Lipinski definition) is 1. The Morgan fingerprint density at radius 2 is 2.38 bits per heavy atom. The lowest BCUT2D eigenvalue weighted by atomic mass is 9.93. The van der Waals surface area contributed by atoms with Gasteiger partial charge >= 0.3 is 0 Å². The first-order valence-electron chi connectivity index (χ1n) is 7.72. The number of rotatable bonds is 5. The van der Waals surface area contributed by atoms with Crippen molar-refractivity contribution >= 4 is 23.3 Å². The predicted molar refractivity (Wildman–Crippen MR) is 90.4 cm³/mol. The number of thiophene rings is 1. The van der Waals surface area contributed by atoms with Gasteiger partial charge in [-0.3, -0.25) is 9.69 Å². The van der Waals surface area contributed by atoms with Gasteiger partial charge in [0.1, 0.15) is 0 Å². The molecule has 0 aliphatic carbocycles. The average molecular weight is 306 g/mol. The van der Waals surface area contributed by atoms with E-state index >= 15 is 0 Å². The van der Waals surface area contributed by atoms with E-state index in [9.17, 15) is 4.79 Å². The SMILES string of the molecule is CC1CCCN(C(C)(C)CNC(=O)/C=C/c2cccs2)C1. The third-order valence-corrected chi connectivity index (χ3v) is 4.99. The summed E-state index contributed by atoms with van der Waals surface area (Å²) in [4.78, 5) is 15.5. The Balaban J connectivity index is 1.81. The second-order valence-electron chi connectivity index (χ2n) is 6.57. The first-order valence-corrected chi connectivity index (χ1v) is 8.60. The Morgan fingerprint density at radius 3 is 3.05 bits per heavy atom. The highest BCUT2D eigenvalue weighted by molar-refractivity contribution is 7.10. The zero-order valence-electron chi connectivity index (χ0n) is 13.3. The first-order chi connectivity index (χ1) is 9.97. The molecule has 1 atom stereocenters. The molecule has 4 heteroatoms. The number of amides is 1. The van der Waals surface area contributed by atoms with Crippen LogP contribution in [0.25, 0.3) is 6.08 Å². The monoisotopic (exact) mass is 306 g/mol. The summed E-state index contributed by atoms with van der Waals surface area (Å²) in [6.07, 6.45) is 6.08. The smallest absolute Gasteiger partial charge is 0.244 e. The van der Waals surface area contributed by atoms with Crippen LogP contribution in [-0.2, 0) is 4.79 Å². The van der Waals surface area contributed by atoms with Crippen molar-refractivity contribution in [2.24, 2.45) is 5.92 Å². The Kier molecular flexibility index (Phi) is 5.59. The molecule has 116 valence electrons. The average Bonchev–Trinajstić information content (AvgIpc) is 2.96. The minimum atomic E-state index is -0.0125. The third kappa shape index (κ3) is 4.97. The van der Waals surface area contributed by atoms with E-state index in [0.717, 1.165) is 23.9 Å². The van der Waals surface area contributed by atoms with Gasteiger partial charge in [-0.15, -0.1) is 11.3 Å². The van der Waals surface area contributed by atoms with E-state index in [2.05, 4.69) is 31.0 Å². The number of nitrogens with zero attached hydrogens (tertiary/aromatic N) is 1. The van der Waals surface area contributed by atoms with Crippen LogP contribution in [0.3, 0.4) is 0 Å². The fourth-order valence-electron chi connectivity index (χ4n) is 2.76.